The molecule has 0 radical (unpaired) electrons. The molecule has 0 bridgehead atoms. The SMILES string of the molecule is Cc1ccc(C)c(N2CCN(Cc3nnn([C@@H](Cc4ccccc4)[C@H](Cc4ccccc4)NC(=O)OC4CCCC4)c3[C@@H](C)O)CC2)c1. The van der Waals surface area contributed by atoms with Crippen molar-refractivity contribution in [2.75, 3.05) is 31.1 Å². The molecule has 1 saturated heterocycles. The van der Waals surface area contributed by atoms with Crippen LogP contribution in [-0.4, -0.2) is 69.4 Å². The van der Waals surface area contributed by atoms with E-state index >= 15 is 0 Å². The first-order valence-corrected chi connectivity index (χ1v) is 17.6. The van der Waals surface area contributed by atoms with Gasteiger partial charge in [-0.3, -0.25) is 4.90 Å². The number of aliphatic hydroxyl groups excluding tert-OH is 1. The van der Waals surface area contributed by atoms with Gasteiger partial charge in [-0.25, -0.2) is 9.48 Å². The minimum atomic E-state index is -0.799. The number of hydrogen-bond acceptors (Lipinski definition) is 7. The van der Waals surface area contributed by atoms with Crippen molar-refractivity contribution < 1.29 is 14.6 Å². The molecule has 1 aliphatic carbocycles. The van der Waals surface area contributed by atoms with Crippen LogP contribution in [0.1, 0.15) is 78.4 Å². The Morgan fingerprint density at radius 1 is 0.917 bits per heavy atom. The van der Waals surface area contributed by atoms with Crippen LogP contribution in [0.25, 0.3) is 0 Å². The molecule has 0 unspecified atom stereocenters. The van der Waals surface area contributed by atoms with Crippen molar-refractivity contribution in [3.63, 3.8) is 0 Å². The van der Waals surface area contributed by atoms with E-state index in [4.69, 9.17) is 15.0 Å². The van der Waals surface area contributed by atoms with Gasteiger partial charge >= 0.3 is 6.09 Å². The summed E-state index contributed by atoms with van der Waals surface area (Å²) in [4.78, 5) is 18.3. The van der Waals surface area contributed by atoms with E-state index < -0.39 is 12.2 Å². The lowest BCUT2D eigenvalue weighted by Gasteiger charge is -2.37. The lowest BCUT2D eigenvalue weighted by Crippen LogP contribution is -2.46. The Labute approximate surface area is 284 Å². The van der Waals surface area contributed by atoms with Crippen LogP contribution in [0.15, 0.2) is 78.9 Å². The topological polar surface area (TPSA) is 95.8 Å². The molecule has 2 heterocycles. The summed E-state index contributed by atoms with van der Waals surface area (Å²) >= 11 is 0. The standard InChI is InChI=1S/C39H50N6O3/c1-28-18-19-29(2)36(24-28)44-22-20-43(21-23-44)27-35-38(30(3)46)45(42-41-35)37(26-32-14-8-5-9-15-32)34(25-31-12-6-4-7-13-31)40-39(47)48-33-16-10-11-17-33/h4-9,12-15,18-19,24,30,33-34,37,46H,10-11,16-17,20-23,25-27H2,1-3H3,(H,40,47)/t30-,34+,37+/m1/s1. The van der Waals surface area contributed by atoms with Gasteiger partial charge in [-0.15, -0.1) is 5.10 Å². The van der Waals surface area contributed by atoms with E-state index in [1.54, 1.807) is 6.92 Å². The van der Waals surface area contributed by atoms with Crippen LogP contribution < -0.4 is 10.2 Å². The average Bonchev–Trinajstić information content (AvgIpc) is 3.76. The van der Waals surface area contributed by atoms with Crippen LogP contribution in [0, 0.1) is 13.8 Å². The van der Waals surface area contributed by atoms with Gasteiger partial charge < -0.3 is 20.1 Å². The normalized spacial score (nSPS) is 17.6. The maximum Gasteiger partial charge on any atom is 0.407 e. The van der Waals surface area contributed by atoms with Crippen molar-refractivity contribution in [1.82, 2.24) is 25.2 Å². The second-order valence-electron chi connectivity index (χ2n) is 13.6. The molecule has 0 spiro atoms. The van der Waals surface area contributed by atoms with Crippen molar-refractivity contribution in [3.05, 3.63) is 113 Å². The Balaban J connectivity index is 1.27. The third-order valence-corrected chi connectivity index (χ3v) is 9.89. The number of benzene rings is 3. The van der Waals surface area contributed by atoms with E-state index in [0.29, 0.717) is 25.1 Å². The molecule has 48 heavy (non-hydrogen) atoms. The molecular formula is C39H50N6O3. The predicted molar refractivity (Wildman–Crippen MR) is 189 cm³/mol. The molecule has 3 aromatic carbocycles. The number of nitrogens with one attached hydrogen (secondary N) is 1. The monoisotopic (exact) mass is 650 g/mol. The second-order valence-corrected chi connectivity index (χ2v) is 13.6. The number of anilines is 1. The number of aromatic nitrogens is 3. The number of piperazine rings is 1. The van der Waals surface area contributed by atoms with Crippen LogP contribution in [0.4, 0.5) is 10.5 Å². The van der Waals surface area contributed by atoms with Gasteiger partial charge in [0.15, 0.2) is 0 Å². The fourth-order valence-electron chi connectivity index (χ4n) is 7.29. The van der Waals surface area contributed by atoms with E-state index in [0.717, 1.165) is 68.7 Å². The van der Waals surface area contributed by atoms with E-state index in [9.17, 15) is 9.90 Å². The minimum Gasteiger partial charge on any atom is -0.446 e. The fraction of sp³-hybridized carbons (Fsp3) is 0.462. The van der Waals surface area contributed by atoms with E-state index in [1.165, 1.54) is 16.8 Å². The second kappa shape index (κ2) is 15.8. The summed E-state index contributed by atoms with van der Waals surface area (Å²) in [6.45, 7) is 10.3. The predicted octanol–water partition coefficient (Wildman–Crippen LogP) is 6.33. The van der Waals surface area contributed by atoms with Gasteiger partial charge in [-0.2, -0.15) is 0 Å². The summed E-state index contributed by atoms with van der Waals surface area (Å²) in [7, 11) is 0. The highest BCUT2D eigenvalue weighted by Crippen LogP contribution is 2.29. The molecule has 1 aliphatic heterocycles. The molecular weight excluding hydrogens is 600 g/mol. The van der Waals surface area contributed by atoms with Crippen LogP contribution in [0.5, 0.6) is 0 Å². The zero-order valence-corrected chi connectivity index (χ0v) is 28.6. The van der Waals surface area contributed by atoms with Crippen molar-refractivity contribution in [1.29, 1.82) is 0 Å². The van der Waals surface area contributed by atoms with Crippen LogP contribution in [-0.2, 0) is 24.1 Å². The number of aryl methyl sites for hydroxylation is 2. The summed E-state index contributed by atoms with van der Waals surface area (Å²) in [5, 5.41) is 24.0. The molecule has 9 heteroatoms. The molecule has 3 atom stereocenters. The molecule has 6 rings (SSSR count). The highest BCUT2D eigenvalue weighted by atomic mass is 16.6. The first-order valence-electron chi connectivity index (χ1n) is 17.6. The molecule has 1 aromatic heterocycles. The maximum absolute atomic E-state index is 13.4. The number of carbonyl (C=O) groups is 1. The number of rotatable bonds is 12. The van der Waals surface area contributed by atoms with E-state index in [2.05, 4.69) is 71.4 Å². The van der Waals surface area contributed by atoms with Crippen molar-refractivity contribution in [2.24, 2.45) is 0 Å². The molecule has 2 fully saturated rings. The number of carbonyl (C=O) groups excluding carboxylic acids is 1. The molecule has 4 aromatic rings. The van der Waals surface area contributed by atoms with Crippen molar-refractivity contribution >= 4 is 11.8 Å². The molecule has 2 N–H and O–H groups in total. The third-order valence-electron chi connectivity index (χ3n) is 9.89. The van der Waals surface area contributed by atoms with Crippen molar-refractivity contribution in [3.8, 4) is 0 Å². The van der Waals surface area contributed by atoms with Gasteiger partial charge in [0.05, 0.1) is 23.9 Å². The molecule has 9 nitrogen and oxygen atoms in total. The van der Waals surface area contributed by atoms with Crippen molar-refractivity contribution in [2.45, 2.75) is 90.1 Å². The van der Waals surface area contributed by atoms with Crippen LogP contribution in [0.3, 0.4) is 0 Å². The Morgan fingerprint density at radius 2 is 1.56 bits per heavy atom. The lowest BCUT2D eigenvalue weighted by molar-refractivity contribution is 0.0940. The number of amides is 1. The Kier molecular flexibility index (Phi) is 11.1. The summed E-state index contributed by atoms with van der Waals surface area (Å²) < 4.78 is 7.78. The molecule has 2 aliphatic rings. The smallest absolute Gasteiger partial charge is 0.407 e. The summed E-state index contributed by atoms with van der Waals surface area (Å²) in [5.74, 6) is 0. The first kappa shape index (κ1) is 33.7. The van der Waals surface area contributed by atoms with Gasteiger partial charge in [0.2, 0.25) is 0 Å². The highest BCUT2D eigenvalue weighted by Gasteiger charge is 2.33. The Bertz CT molecular complexity index is 1610. The zero-order valence-electron chi connectivity index (χ0n) is 28.6. The maximum atomic E-state index is 13.4. The van der Waals surface area contributed by atoms with Gasteiger partial charge in [0.1, 0.15) is 11.8 Å². The summed E-state index contributed by atoms with van der Waals surface area (Å²) in [6.07, 6.45) is 3.91. The van der Waals surface area contributed by atoms with Gasteiger partial charge in [-0.05, 0) is 87.6 Å². The number of aliphatic hydroxyl groups is 1. The number of ether oxygens (including phenoxy) is 1. The first-order chi connectivity index (χ1) is 23.3. The van der Waals surface area contributed by atoms with E-state index in [1.807, 2.05) is 41.1 Å². The Morgan fingerprint density at radius 3 is 2.21 bits per heavy atom. The molecule has 1 amide bonds. The minimum absolute atomic E-state index is 0.0451. The average molecular weight is 651 g/mol. The van der Waals surface area contributed by atoms with E-state index in [-0.39, 0.29) is 18.2 Å². The summed E-state index contributed by atoms with van der Waals surface area (Å²) in [5.41, 5.74) is 7.55. The van der Waals surface area contributed by atoms with Crippen LogP contribution in [0.2, 0.25) is 0 Å². The summed E-state index contributed by atoms with van der Waals surface area (Å²) in [6, 6.07) is 26.4. The highest BCUT2D eigenvalue weighted by molar-refractivity contribution is 5.68. The fourth-order valence-corrected chi connectivity index (χ4v) is 7.29. The number of alkyl carbamates (subject to hydrolysis) is 1. The largest absolute Gasteiger partial charge is 0.446 e. The van der Waals surface area contributed by atoms with Gasteiger partial charge in [0.25, 0.3) is 0 Å². The lowest BCUT2D eigenvalue weighted by atomic mass is 9.93. The van der Waals surface area contributed by atoms with Gasteiger partial charge in [-0.1, -0.05) is 78.0 Å². The Hall–Kier alpha value is -4.21. The quantitative estimate of drug-likeness (QED) is 0.185. The third kappa shape index (κ3) is 8.44. The number of hydrogen-bond donors (Lipinski definition) is 2. The van der Waals surface area contributed by atoms with Gasteiger partial charge in [0, 0.05) is 38.4 Å². The molecule has 1 saturated carbocycles. The number of nitrogens with zero attached hydrogens (tertiary/aromatic N) is 5. The van der Waals surface area contributed by atoms with Crippen LogP contribution >= 0.6 is 0 Å². The molecule has 254 valence electrons. The zero-order chi connectivity index (χ0) is 33.5.